The third-order valence-corrected chi connectivity index (χ3v) is 4.49. The molecule has 0 bridgehead atoms. The van der Waals surface area contributed by atoms with E-state index in [1.54, 1.807) is 54.2 Å². The van der Waals surface area contributed by atoms with E-state index in [4.69, 9.17) is 4.74 Å². The van der Waals surface area contributed by atoms with Gasteiger partial charge in [-0.2, -0.15) is 4.98 Å². The monoisotopic (exact) mass is 454 g/mol. The highest BCUT2D eigenvalue weighted by molar-refractivity contribution is 5.99. The van der Waals surface area contributed by atoms with E-state index in [1.165, 1.54) is 0 Å². The number of rotatable bonds is 5. The van der Waals surface area contributed by atoms with Crippen molar-refractivity contribution in [1.29, 1.82) is 0 Å². The van der Waals surface area contributed by atoms with Crippen molar-refractivity contribution in [1.82, 2.24) is 19.5 Å². The molecule has 2 N–H and O–H groups in total. The van der Waals surface area contributed by atoms with Crippen LogP contribution >= 0.6 is 0 Å². The van der Waals surface area contributed by atoms with Crippen LogP contribution in [0.3, 0.4) is 0 Å². The highest BCUT2D eigenvalue weighted by atomic mass is 19.2. The second-order valence-corrected chi connectivity index (χ2v) is 6.88. The Balaban J connectivity index is 1.43. The highest BCUT2D eigenvalue weighted by Crippen LogP contribution is 2.24. The molecule has 2 aromatic carbocycles. The molecule has 0 saturated carbocycles. The number of urea groups is 1. The molecule has 0 fully saturated rings. The molecule has 0 unspecified atom stereocenters. The van der Waals surface area contributed by atoms with Crippen LogP contribution in [0.5, 0.6) is 11.6 Å². The van der Waals surface area contributed by atoms with Gasteiger partial charge in [-0.05, 0) is 50.2 Å². The third kappa shape index (κ3) is 4.92. The fourth-order valence-electron chi connectivity index (χ4n) is 2.96. The number of hydrogen-bond acceptors (Lipinski definition) is 5. The zero-order valence-corrected chi connectivity index (χ0v) is 17.4. The number of aromatic nitrogens is 4. The van der Waals surface area contributed by atoms with Gasteiger partial charge in [0.25, 0.3) is 0 Å². The molecule has 0 aliphatic heterocycles. The van der Waals surface area contributed by atoms with Crippen LogP contribution in [0.2, 0.25) is 0 Å². The molecule has 0 saturated heterocycles. The van der Waals surface area contributed by atoms with Crippen molar-refractivity contribution in [2.45, 2.75) is 13.8 Å². The Hall–Kier alpha value is -4.41. The summed E-state index contributed by atoms with van der Waals surface area (Å²) in [6, 6.07) is 8.75. The van der Waals surface area contributed by atoms with Crippen molar-refractivity contribution in [3.63, 3.8) is 0 Å². The summed E-state index contributed by atoms with van der Waals surface area (Å²) in [6.45, 7) is 3.59. The average molecular weight is 454 g/mol. The summed E-state index contributed by atoms with van der Waals surface area (Å²) in [6.07, 6.45) is 3.44. The Morgan fingerprint density at radius 1 is 0.970 bits per heavy atom. The Morgan fingerprint density at radius 2 is 1.73 bits per heavy atom. The normalized spacial score (nSPS) is 10.7. The van der Waals surface area contributed by atoms with Gasteiger partial charge in [-0.25, -0.2) is 27.9 Å². The largest absolute Gasteiger partial charge is 0.439 e. The number of carbonyl (C=O) groups is 1. The Bertz CT molecular complexity index is 1320. The number of aryl methyl sites for hydroxylation is 2. The standard InChI is InChI=1S/C22H17F3N6O2/c1-12-27-18(31-10-9-26-13(31)2)11-19(28-12)33-15-5-3-14(4-6-15)29-22(32)30-17-8-7-16(23)20(24)21(17)25/h3-11H,1-2H3,(H2,29,30,32). The van der Waals surface area contributed by atoms with E-state index >= 15 is 0 Å². The van der Waals surface area contributed by atoms with E-state index in [-0.39, 0.29) is 0 Å². The molecule has 0 aliphatic rings. The number of ether oxygens (including phenoxy) is 1. The van der Waals surface area contributed by atoms with Crippen LogP contribution in [0.25, 0.3) is 5.82 Å². The van der Waals surface area contributed by atoms with E-state index in [0.29, 0.717) is 35.0 Å². The molecule has 0 atom stereocenters. The third-order valence-electron chi connectivity index (χ3n) is 4.49. The van der Waals surface area contributed by atoms with Gasteiger partial charge in [0.2, 0.25) is 5.88 Å². The first-order chi connectivity index (χ1) is 15.8. The Morgan fingerprint density at radius 3 is 2.42 bits per heavy atom. The van der Waals surface area contributed by atoms with Gasteiger partial charge in [0, 0.05) is 24.1 Å². The zero-order valence-electron chi connectivity index (χ0n) is 17.4. The minimum atomic E-state index is -1.67. The molecular weight excluding hydrogens is 437 g/mol. The maximum atomic E-state index is 13.7. The van der Waals surface area contributed by atoms with Gasteiger partial charge in [0.1, 0.15) is 23.2 Å². The fraction of sp³-hybridized carbons (Fsp3) is 0.0909. The van der Waals surface area contributed by atoms with Crippen molar-refractivity contribution >= 4 is 17.4 Å². The van der Waals surface area contributed by atoms with Crippen molar-refractivity contribution < 1.29 is 22.7 Å². The molecule has 168 valence electrons. The molecule has 0 aliphatic carbocycles. The molecule has 0 radical (unpaired) electrons. The molecule has 2 amide bonds. The van der Waals surface area contributed by atoms with Gasteiger partial charge in [-0.15, -0.1) is 0 Å². The van der Waals surface area contributed by atoms with E-state index in [9.17, 15) is 18.0 Å². The maximum Gasteiger partial charge on any atom is 0.323 e. The van der Waals surface area contributed by atoms with E-state index in [1.807, 2.05) is 6.92 Å². The van der Waals surface area contributed by atoms with Crippen LogP contribution in [-0.4, -0.2) is 25.6 Å². The van der Waals surface area contributed by atoms with E-state index in [2.05, 4.69) is 25.6 Å². The van der Waals surface area contributed by atoms with Crippen molar-refractivity contribution in [2.75, 3.05) is 10.6 Å². The van der Waals surface area contributed by atoms with E-state index < -0.39 is 29.2 Å². The summed E-state index contributed by atoms with van der Waals surface area (Å²) in [5.74, 6) is -1.87. The zero-order chi connectivity index (χ0) is 23.5. The topological polar surface area (TPSA) is 94.0 Å². The summed E-state index contributed by atoms with van der Waals surface area (Å²) >= 11 is 0. The van der Waals surface area contributed by atoms with Gasteiger partial charge in [0.15, 0.2) is 17.5 Å². The predicted molar refractivity (Wildman–Crippen MR) is 114 cm³/mol. The second-order valence-electron chi connectivity index (χ2n) is 6.88. The lowest BCUT2D eigenvalue weighted by Crippen LogP contribution is -2.20. The van der Waals surface area contributed by atoms with Gasteiger partial charge in [-0.3, -0.25) is 4.57 Å². The SMILES string of the molecule is Cc1nc(Oc2ccc(NC(=O)Nc3ccc(F)c(F)c3F)cc2)cc(-n2ccnc2C)n1. The van der Waals surface area contributed by atoms with Crippen LogP contribution in [0.15, 0.2) is 54.9 Å². The van der Waals surface area contributed by atoms with Crippen molar-refractivity contribution in [3.05, 3.63) is 84.0 Å². The lowest BCUT2D eigenvalue weighted by atomic mass is 10.3. The van der Waals surface area contributed by atoms with Crippen LogP contribution < -0.4 is 15.4 Å². The number of carbonyl (C=O) groups excluding carboxylic acids is 1. The number of benzene rings is 2. The predicted octanol–water partition coefficient (Wildman–Crippen LogP) is 5.13. The first-order valence-electron chi connectivity index (χ1n) is 9.65. The van der Waals surface area contributed by atoms with Crippen LogP contribution in [0.4, 0.5) is 29.3 Å². The fourth-order valence-corrected chi connectivity index (χ4v) is 2.96. The number of nitrogens with zero attached hydrogens (tertiary/aromatic N) is 4. The minimum Gasteiger partial charge on any atom is -0.439 e. The molecule has 4 aromatic rings. The molecule has 4 rings (SSSR count). The van der Waals surface area contributed by atoms with Gasteiger partial charge >= 0.3 is 6.03 Å². The summed E-state index contributed by atoms with van der Waals surface area (Å²) in [5, 5.41) is 4.59. The molecule has 33 heavy (non-hydrogen) atoms. The van der Waals surface area contributed by atoms with Crippen LogP contribution in [0, 0.1) is 31.3 Å². The van der Waals surface area contributed by atoms with Gasteiger partial charge < -0.3 is 15.4 Å². The summed E-state index contributed by atoms with van der Waals surface area (Å²) in [7, 11) is 0. The average Bonchev–Trinajstić information content (AvgIpc) is 3.21. The van der Waals surface area contributed by atoms with Crippen molar-refractivity contribution in [3.8, 4) is 17.4 Å². The Kier molecular flexibility index (Phi) is 5.94. The van der Waals surface area contributed by atoms with Crippen LogP contribution in [0.1, 0.15) is 11.6 Å². The second kappa shape index (κ2) is 8.99. The number of halogens is 3. The Labute approximate surface area is 186 Å². The van der Waals surface area contributed by atoms with Crippen LogP contribution in [-0.2, 0) is 0 Å². The summed E-state index contributed by atoms with van der Waals surface area (Å²) in [5.41, 5.74) is -0.133. The molecule has 2 heterocycles. The summed E-state index contributed by atoms with van der Waals surface area (Å²) in [4.78, 5) is 24.9. The summed E-state index contributed by atoms with van der Waals surface area (Å²) < 4.78 is 47.6. The van der Waals surface area contributed by atoms with E-state index in [0.717, 1.165) is 11.9 Å². The molecule has 2 aromatic heterocycles. The minimum absolute atomic E-state index is 0.317. The first-order valence-corrected chi connectivity index (χ1v) is 9.65. The number of imidazole rings is 1. The smallest absolute Gasteiger partial charge is 0.323 e. The molecule has 11 heteroatoms. The number of nitrogens with one attached hydrogen (secondary N) is 2. The molecule has 0 spiro atoms. The molecular formula is C22H17F3N6O2. The quantitative estimate of drug-likeness (QED) is 0.408. The lowest BCUT2D eigenvalue weighted by Gasteiger charge is -2.11. The van der Waals surface area contributed by atoms with Gasteiger partial charge in [0.05, 0.1) is 5.69 Å². The number of anilines is 2. The molecule has 8 nitrogen and oxygen atoms in total. The number of amides is 2. The lowest BCUT2D eigenvalue weighted by molar-refractivity contribution is 0.262. The maximum absolute atomic E-state index is 13.7. The highest BCUT2D eigenvalue weighted by Gasteiger charge is 2.15. The first kappa shape index (κ1) is 21.8. The van der Waals surface area contributed by atoms with Gasteiger partial charge in [-0.1, -0.05) is 0 Å². The number of hydrogen-bond donors (Lipinski definition) is 2. The van der Waals surface area contributed by atoms with Crippen molar-refractivity contribution in [2.24, 2.45) is 0 Å².